The molecular formula is C33H32FNO4S. The minimum absolute atomic E-state index is 0.0488. The number of halogens is 1. The molecule has 1 aliphatic carbocycles. The summed E-state index contributed by atoms with van der Waals surface area (Å²) in [6.07, 6.45) is 4.68. The summed E-state index contributed by atoms with van der Waals surface area (Å²) >= 11 is 1.56. The number of aromatic hydroxyl groups is 1. The van der Waals surface area contributed by atoms with Crippen molar-refractivity contribution >= 4 is 34.8 Å². The number of carbonyl (C=O) groups is 2. The van der Waals surface area contributed by atoms with Crippen LogP contribution in [0.4, 0.5) is 4.39 Å². The largest absolute Gasteiger partial charge is 0.505 e. The quantitative estimate of drug-likeness (QED) is 0.187. The lowest BCUT2D eigenvalue weighted by Crippen LogP contribution is -2.34. The number of carbonyl (C=O) groups excluding carboxylic acids is 2. The number of fused-ring (bicyclic) bond motifs is 3. The molecule has 1 N–H and O–H groups in total. The van der Waals surface area contributed by atoms with Gasteiger partial charge in [0.1, 0.15) is 0 Å². The number of hydrogen-bond acceptors (Lipinski definition) is 5. The Hall–Kier alpha value is -3.55. The summed E-state index contributed by atoms with van der Waals surface area (Å²) in [5.41, 5.74) is 5.22. The number of rotatable bonds is 8. The van der Waals surface area contributed by atoms with Crippen molar-refractivity contribution in [2.75, 3.05) is 6.61 Å². The molecule has 3 aromatic rings. The monoisotopic (exact) mass is 557 g/mol. The fourth-order valence-electron chi connectivity index (χ4n) is 6.64. The fraction of sp³-hybridized carbons (Fsp3) is 0.333. The highest BCUT2D eigenvalue weighted by Gasteiger charge is 2.56. The Morgan fingerprint density at radius 3 is 2.65 bits per heavy atom. The van der Waals surface area contributed by atoms with Gasteiger partial charge in [0.2, 0.25) is 11.8 Å². The molecule has 2 aromatic carbocycles. The minimum Gasteiger partial charge on any atom is -0.505 e. The van der Waals surface area contributed by atoms with Gasteiger partial charge in [0.05, 0.1) is 31.1 Å². The van der Waals surface area contributed by atoms with Gasteiger partial charge in [-0.3, -0.25) is 14.5 Å². The van der Waals surface area contributed by atoms with Crippen molar-refractivity contribution < 1.29 is 23.8 Å². The van der Waals surface area contributed by atoms with E-state index in [1.54, 1.807) is 17.4 Å². The van der Waals surface area contributed by atoms with Gasteiger partial charge in [0, 0.05) is 10.8 Å². The fourth-order valence-corrected chi connectivity index (χ4v) is 7.34. The van der Waals surface area contributed by atoms with Crippen molar-refractivity contribution in [2.45, 2.75) is 45.3 Å². The second-order valence-electron chi connectivity index (χ2n) is 10.8. The zero-order chi connectivity index (χ0) is 27.8. The lowest BCUT2D eigenvalue weighted by atomic mass is 9.69. The highest BCUT2D eigenvalue weighted by Crippen LogP contribution is 2.51. The van der Waals surface area contributed by atoms with E-state index in [4.69, 9.17) is 4.74 Å². The van der Waals surface area contributed by atoms with Gasteiger partial charge in [0.25, 0.3) is 0 Å². The van der Waals surface area contributed by atoms with Gasteiger partial charge in [-0.1, -0.05) is 61.0 Å². The summed E-state index contributed by atoms with van der Waals surface area (Å²) in [4.78, 5) is 29.5. The minimum atomic E-state index is -0.651. The third kappa shape index (κ3) is 4.93. The Labute approximate surface area is 237 Å². The van der Waals surface area contributed by atoms with E-state index in [9.17, 15) is 19.1 Å². The van der Waals surface area contributed by atoms with E-state index in [1.165, 1.54) is 28.2 Å². The molecule has 2 aliphatic heterocycles. The number of phenols is 1. The van der Waals surface area contributed by atoms with E-state index in [-0.39, 0.29) is 41.4 Å². The summed E-state index contributed by atoms with van der Waals surface area (Å²) in [6, 6.07) is 18.3. The number of likely N-dealkylation sites (tertiary alicyclic amines) is 1. The predicted molar refractivity (Wildman–Crippen MR) is 154 cm³/mol. The van der Waals surface area contributed by atoms with E-state index < -0.39 is 5.82 Å². The number of amides is 2. The molecule has 1 aromatic heterocycles. The second kappa shape index (κ2) is 11.1. The maximum Gasteiger partial charge on any atom is 0.234 e. The molecule has 0 unspecified atom stereocenters. The number of ether oxygens (including phenoxy) is 1. The van der Waals surface area contributed by atoms with Crippen molar-refractivity contribution in [1.82, 2.24) is 4.90 Å². The molecule has 0 bridgehead atoms. The Balaban J connectivity index is 1.25. The van der Waals surface area contributed by atoms with Crippen molar-refractivity contribution in [1.29, 1.82) is 0 Å². The molecule has 3 heterocycles. The van der Waals surface area contributed by atoms with Gasteiger partial charge in [-0.15, -0.1) is 11.3 Å². The molecule has 206 valence electrons. The maximum absolute atomic E-state index is 14.1. The SMILES string of the molecule is CCC1=C2[C@@H](CC/C(=C/c3ccc(O)c(F)c3)c3ccccc3)OC[C@@H]2[C@@H]2C(=O)N(Cc3cccs3)C(=O)[C@@H]2C1. The van der Waals surface area contributed by atoms with Crippen LogP contribution in [0, 0.1) is 23.6 Å². The Morgan fingerprint density at radius 2 is 1.93 bits per heavy atom. The molecule has 4 atom stereocenters. The summed E-state index contributed by atoms with van der Waals surface area (Å²) in [7, 11) is 0. The van der Waals surface area contributed by atoms with Crippen LogP contribution in [-0.2, 0) is 20.9 Å². The average Bonchev–Trinajstić information content (AvgIpc) is 3.69. The summed E-state index contributed by atoms with van der Waals surface area (Å²) in [5.74, 6) is -1.86. The summed E-state index contributed by atoms with van der Waals surface area (Å²) in [5, 5.41) is 11.6. The highest BCUT2D eigenvalue weighted by atomic mass is 32.1. The number of thiophene rings is 1. The second-order valence-corrected chi connectivity index (χ2v) is 11.8. The standard InChI is InChI=1S/C33H32FNO4S/c1-2-21-17-25-31(33(38)35(32(25)37)18-24-9-6-14-40-24)26-19-39-29(30(21)26)13-11-23(22-7-4-3-5-8-22)15-20-10-12-28(36)27(34)16-20/h3-10,12,14-16,25-26,29,31,36H,2,11,13,17-19H2,1H3/b23-15-/t25-,26+,29-,31-/m1/s1. The van der Waals surface area contributed by atoms with E-state index in [2.05, 4.69) is 6.92 Å². The molecule has 0 saturated carbocycles. The first-order valence-corrected chi connectivity index (χ1v) is 14.8. The molecule has 5 nitrogen and oxygen atoms in total. The van der Waals surface area contributed by atoms with Gasteiger partial charge in [-0.2, -0.15) is 0 Å². The smallest absolute Gasteiger partial charge is 0.234 e. The normalized spacial score (nSPS) is 24.6. The van der Waals surface area contributed by atoms with Crippen molar-refractivity contribution in [3.8, 4) is 5.75 Å². The molecule has 40 heavy (non-hydrogen) atoms. The molecule has 6 rings (SSSR count). The topological polar surface area (TPSA) is 66.8 Å². The number of allylic oxidation sites excluding steroid dienone is 2. The molecule has 2 saturated heterocycles. The third-order valence-corrected chi connectivity index (χ3v) is 9.41. The van der Waals surface area contributed by atoms with E-state index in [0.717, 1.165) is 28.9 Å². The van der Waals surface area contributed by atoms with Crippen molar-refractivity contribution in [3.05, 3.63) is 99.0 Å². The van der Waals surface area contributed by atoms with E-state index in [1.807, 2.05) is 53.9 Å². The first kappa shape index (κ1) is 26.7. The van der Waals surface area contributed by atoms with Crippen LogP contribution in [0.1, 0.15) is 48.6 Å². The van der Waals surface area contributed by atoms with Crippen LogP contribution in [0.2, 0.25) is 0 Å². The maximum atomic E-state index is 14.1. The molecule has 0 radical (unpaired) electrons. The molecule has 0 spiro atoms. The average molecular weight is 558 g/mol. The first-order valence-electron chi connectivity index (χ1n) is 13.9. The van der Waals surface area contributed by atoms with Gasteiger partial charge in [0.15, 0.2) is 11.6 Å². The number of benzene rings is 2. The van der Waals surface area contributed by atoms with Crippen LogP contribution in [-0.4, -0.2) is 34.5 Å². The Kier molecular flexibility index (Phi) is 7.43. The first-order chi connectivity index (χ1) is 19.4. The number of phenolic OH excluding ortho intramolecular Hbond substituents is 1. The van der Waals surface area contributed by atoms with Gasteiger partial charge >= 0.3 is 0 Å². The molecule has 2 amide bonds. The van der Waals surface area contributed by atoms with Crippen LogP contribution < -0.4 is 0 Å². The van der Waals surface area contributed by atoms with E-state index >= 15 is 0 Å². The Morgan fingerprint density at radius 1 is 1.10 bits per heavy atom. The van der Waals surface area contributed by atoms with Gasteiger partial charge < -0.3 is 9.84 Å². The molecule has 3 aliphatic rings. The van der Waals surface area contributed by atoms with Crippen molar-refractivity contribution in [3.63, 3.8) is 0 Å². The molecule has 7 heteroatoms. The molecule has 2 fully saturated rings. The predicted octanol–water partition coefficient (Wildman–Crippen LogP) is 6.84. The van der Waals surface area contributed by atoms with Crippen LogP contribution in [0.25, 0.3) is 11.6 Å². The number of nitrogens with zero attached hydrogens (tertiary/aromatic N) is 1. The lowest BCUT2D eigenvalue weighted by Gasteiger charge is -2.31. The summed E-state index contributed by atoms with van der Waals surface area (Å²) in [6.45, 7) is 2.91. The summed E-state index contributed by atoms with van der Waals surface area (Å²) < 4.78 is 20.4. The van der Waals surface area contributed by atoms with Crippen LogP contribution >= 0.6 is 11.3 Å². The van der Waals surface area contributed by atoms with Crippen LogP contribution in [0.5, 0.6) is 5.75 Å². The Bertz CT molecular complexity index is 1480. The zero-order valence-electron chi connectivity index (χ0n) is 22.4. The molecular weight excluding hydrogens is 525 g/mol. The lowest BCUT2D eigenvalue weighted by molar-refractivity contribution is -0.140. The van der Waals surface area contributed by atoms with Gasteiger partial charge in [-0.05, 0) is 71.5 Å². The number of imide groups is 1. The van der Waals surface area contributed by atoms with Gasteiger partial charge in [-0.25, -0.2) is 4.39 Å². The number of hydrogen-bond donors (Lipinski definition) is 1. The van der Waals surface area contributed by atoms with E-state index in [0.29, 0.717) is 31.6 Å². The third-order valence-electron chi connectivity index (χ3n) is 8.55. The zero-order valence-corrected chi connectivity index (χ0v) is 23.2. The van der Waals surface area contributed by atoms with Crippen molar-refractivity contribution in [2.24, 2.45) is 17.8 Å². The highest BCUT2D eigenvalue weighted by molar-refractivity contribution is 7.09. The van der Waals surface area contributed by atoms with Crippen LogP contribution in [0.15, 0.2) is 77.2 Å². The van der Waals surface area contributed by atoms with Crippen LogP contribution in [0.3, 0.4) is 0 Å².